The molecule has 0 amide bonds. The number of ether oxygens (including phenoxy) is 1. The SMILES string of the molecule is CCOC(=O)c1ccc(Nc2cc(N(Cc3ccccc3)C(C)C)ncn2)cc1. The minimum Gasteiger partial charge on any atom is -0.462 e. The Morgan fingerprint density at radius 3 is 2.45 bits per heavy atom. The van der Waals surface area contributed by atoms with Gasteiger partial charge in [-0.15, -0.1) is 0 Å². The molecule has 3 rings (SSSR count). The van der Waals surface area contributed by atoms with Crippen LogP contribution in [0.25, 0.3) is 0 Å². The Morgan fingerprint density at radius 1 is 1.07 bits per heavy atom. The second-order valence-electron chi connectivity index (χ2n) is 6.89. The van der Waals surface area contributed by atoms with Crippen LogP contribution in [-0.2, 0) is 11.3 Å². The largest absolute Gasteiger partial charge is 0.462 e. The molecule has 0 aliphatic heterocycles. The molecular formula is C23H26N4O2. The average Bonchev–Trinajstić information content (AvgIpc) is 2.73. The summed E-state index contributed by atoms with van der Waals surface area (Å²) in [7, 11) is 0. The van der Waals surface area contributed by atoms with E-state index in [1.54, 1.807) is 25.4 Å². The van der Waals surface area contributed by atoms with Crippen LogP contribution < -0.4 is 10.2 Å². The first-order chi connectivity index (χ1) is 14.1. The summed E-state index contributed by atoms with van der Waals surface area (Å²) in [5.74, 6) is 1.22. The molecule has 0 saturated heterocycles. The average molecular weight is 390 g/mol. The molecule has 0 spiro atoms. The summed E-state index contributed by atoms with van der Waals surface area (Å²) < 4.78 is 5.01. The Kier molecular flexibility index (Phi) is 6.79. The van der Waals surface area contributed by atoms with Crippen LogP contribution >= 0.6 is 0 Å². The molecule has 6 nitrogen and oxygen atoms in total. The van der Waals surface area contributed by atoms with E-state index in [2.05, 4.69) is 46.2 Å². The standard InChI is InChI=1S/C23H26N4O2/c1-4-29-23(28)19-10-12-20(13-11-19)26-21-14-22(25-16-24-21)27(17(2)3)15-18-8-6-5-7-9-18/h5-14,16-17H,4,15H2,1-3H3,(H,24,25,26). The molecule has 0 saturated carbocycles. The normalized spacial score (nSPS) is 10.6. The summed E-state index contributed by atoms with van der Waals surface area (Å²) in [5.41, 5.74) is 2.58. The van der Waals surface area contributed by atoms with Gasteiger partial charge in [0.05, 0.1) is 12.2 Å². The van der Waals surface area contributed by atoms with Gasteiger partial charge in [-0.25, -0.2) is 14.8 Å². The van der Waals surface area contributed by atoms with Crippen molar-refractivity contribution in [3.8, 4) is 0 Å². The molecule has 0 radical (unpaired) electrons. The van der Waals surface area contributed by atoms with Crippen LogP contribution in [0, 0.1) is 0 Å². The van der Waals surface area contributed by atoms with Crippen molar-refractivity contribution < 1.29 is 9.53 Å². The number of nitrogens with zero attached hydrogens (tertiary/aromatic N) is 3. The van der Waals surface area contributed by atoms with Gasteiger partial charge in [-0.2, -0.15) is 0 Å². The molecule has 2 aromatic carbocycles. The fourth-order valence-corrected chi connectivity index (χ4v) is 2.93. The lowest BCUT2D eigenvalue weighted by molar-refractivity contribution is 0.0526. The van der Waals surface area contributed by atoms with Crippen LogP contribution in [0.4, 0.5) is 17.3 Å². The first-order valence-electron chi connectivity index (χ1n) is 9.73. The first-order valence-corrected chi connectivity index (χ1v) is 9.73. The lowest BCUT2D eigenvalue weighted by Gasteiger charge is -2.28. The van der Waals surface area contributed by atoms with Crippen LogP contribution in [0.2, 0.25) is 0 Å². The number of anilines is 3. The third-order valence-electron chi connectivity index (χ3n) is 4.43. The van der Waals surface area contributed by atoms with E-state index in [1.807, 2.05) is 36.4 Å². The molecule has 6 heteroatoms. The molecule has 0 aliphatic rings. The van der Waals surface area contributed by atoms with Crippen LogP contribution in [0.5, 0.6) is 0 Å². The maximum atomic E-state index is 11.8. The van der Waals surface area contributed by atoms with E-state index in [0.29, 0.717) is 18.0 Å². The molecule has 1 N–H and O–H groups in total. The fourth-order valence-electron chi connectivity index (χ4n) is 2.93. The number of rotatable bonds is 8. The van der Waals surface area contributed by atoms with Crippen LogP contribution in [0.15, 0.2) is 67.0 Å². The molecule has 0 fully saturated rings. The van der Waals surface area contributed by atoms with Crippen molar-refractivity contribution in [2.75, 3.05) is 16.8 Å². The molecule has 0 bridgehead atoms. The Labute approximate surface area is 171 Å². The van der Waals surface area contributed by atoms with Crippen molar-refractivity contribution in [3.63, 3.8) is 0 Å². The molecule has 0 unspecified atom stereocenters. The number of benzene rings is 2. The number of aromatic nitrogens is 2. The van der Waals surface area contributed by atoms with E-state index >= 15 is 0 Å². The van der Waals surface area contributed by atoms with Crippen molar-refractivity contribution in [2.24, 2.45) is 0 Å². The third kappa shape index (κ3) is 5.54. The predicted molar refractivity (Wildman–Crippen MR) is 115 cm³/mol. The topological polar surface area (TPSA) is 67.3 Å². The zero-order valence-electron chi connectivity index (χ0n) is 17.0. The van der Waals surface area contributed by atoms with E-state index in [4.69, 9.17) is 4.74 Å². The summed E-state index contributed by atoms with van der Waals surface area (Å²) in [4.78, 5) is 22.8. The second-order valence-corrected chi connectivity index (χ2v) is 6.89. The van der Waals surface area contributed by atoms with E-state index < -0.39 is 0 Å². The van der Waals surface area contributed by atoms with E-state index in [0.717, 1.165) is 18.1 Å². The van der Waals surface area contributed by atoms with Crippen molar-refractivity contribution >= 4 is 23.3 Å². The van der Waals surface area contributed by atoms with Crippen LogP contribution in [0.3, 0.4) is 0 Å². The molecular weight excluding hydrogens is 364 g/mol. The predicted octanol–water partition coefficient (Wildman–Crippen LogP) is 4.81. The van der Waals surface area contributed by atoms with Gasteiger partial charge in [0.15, 0.2) is 0 Å². The smallest absolute Gasteiger partial charge is 0.338 e. The van der Waals surface area contributed by atoms with Crippen molar-refractivity contribution in [3.05, 3.63) is 78.1 Å². The Hall–Kier alpha value is -3.41. The van der Waals surface area contributed by atoms with Gasteiger partial charge < -0.3 is 15.0 Å². The minimum atomic E-state index is -0.322. The van der Waals surface area contributed by atoms with Gasteiger partial charge in [0.2, 0.25) is 0 Å². The lowest BCUT2D eigenvalue weighted by Crippen LogP contribution is -2.31. The zero-order valence-corrected chi connectivity index (χ0v) is 17.0. The monoisotopic (exact) mass is 390 g/mol. The second kappa shape index (κ2) is 9.68. The van der Waals surface area contributed by atoms with Crippen molar-refractivity contribution in [1.82, 2.24) is 9.97 Å². The molecule has 0 atom stereocenters. The highest BCUT2D eigenvalue weighted by molar-refractivity contribution is 5.89. The maximum Gasteiger partial charge on any atom is 0.338 e. The first kappa shape index (κ1) is 20.3. The van der Waals surface area contributed by atoms with Gasteiger partial charge in [-0.1, -0.05) is 30.3 Å². The molecule has 3 aromatic rings. The van der Waals surface area contributed by atoms with Gasteiger partial charge in [0, 0.05) is 24.3 Å². The van der Waals surface area contributed by atoms with Crippen molar-refractivity contribution in [1.29, 1.82) is 0 Å². The zero-order chi connectivity index (χ0) is 20.6. The molecule has 150 valence electrons. The van der Waals surface area contributed by atoms with E-state index in [9.17, 15) is 4.79 Å². The van der Waals surface area contributed by atoms with Gasteiger partial charge in [0.25, 0.3) is 0 Å². The fraction of sp³-hybridized carbons (Fsp3) is 0.261. The quantitative estimate of drug-likeness (QED) is 0.557. The molecule has 1 aromatic heterocycles. The number of nitrogens with one attached hydrogen (secondary N) is 1. The summed E-state index contributed by atoms with van der Waals surface area (Å²) >= 11 is 0. The van der Waals surface area contributed by atoms with Crippen LogP contribution in [-0.4, -0.2) is 28.6 Å². The highest BCUT2D eigenvalue weighted by Gasteiger charge is 2.14. The molecule has 0 aliphatic carbocycles. The molecule has 29 heavy (non-hydrogen) atoms. The number of carbonyl (C=O) groups excluding carboxylic acids is 1. The van der Waals surface area contributed by atoms with E-state index in [1.165, 1.54) is 5.56 Å². The number of esters is 1. The summed E-state index contributed by atoms with van der Waals surface area (Å²) in [6.45, 7) is 7.21. The number of carbonyl (C=O) groups is 1. The highest BCUT2D eigenvalue weighted by Crippen LogP contribution is 2.22. The van der Waals surface area contributed by atoms with Gasteiger partial charge in [-0.05, 0) is 50.6 Å². The summed E-state index contributed by atoms with van der Waals surface area (Å²) in [5, 5.41) is 3.27. The van der Waals surface area contributed by atoms with E-state index in [-0.39, 0.29) is 12.0 Å². The van der Waals surface area contributed by atoms with Gasteiger partial charge in [-0.3, -0.25) is 0 Å². The van der Waals surface area contributed by atoms with Crippen molar-refractivity contribution in [2.45, 2.75) is 33.4 Å². The Morgan fingerprint density at radius 2 is 1.79 bits per heavy atom. The Balaban J connectivity index is 1.75. The third-order valence-corrected chi connectivity index (χ3v) is 4.43. The lowest BCUT2D eigenvalue weighted by atomic mass is 10.2. The van der Waals surface area contributed by atoms with Gasteiger partial charge in [0.1, 0.15) is 18.0 Å². The minimum absolute atomic E-state index is 0.279. The number of hydrogen-bond acceptors (Lipinski definition) is 6. The van der Waals surface area contributed by atoms with Gasteiger partial charge >= 0.3 is 5.97 Å². The Bertz CT molecular complexity index is 927. The number of hydrogen-bond donors (Lipinski definition) is 1. The summed E-state index contributed by atoms with van der Waals surface area (Å²) in [6, 6.07) is 19.7. The maximum absolute atomic E-state index is 11.8. The molecule has 1 heterocycles. The highest BCUT2D eigenvalue weighted by atomic mass is 16.5. The summed E-state index contributed by atoms with van der Waals surface area (Å²) in [6.07, 6.45) is 1.56. The van der Waals surface area contributed by atoms with Crippen LogP contribution in [0.1, 0.15) is 36.7 Å².